The number of rotatable bonds is 6. The van der Waals surface area contributed by atoms with Crippen molar-refractivity contribution >= 4 is 5.95 Å². The summed E-state index contributed by atoms with van der Waals surface area (Å²) in [7, 11) is 1.66. The van der Waals surface area contributed by atoms with Gasteiger partial charge in [-0.25, -0.2) is 4.98 Å². The van der Waals surface area contributed by atoms with Gasteiger partial charge in [0, 0.05) is 44.7 Å². The van der Waals surface area contributed by atoms with Crippen LogP contribution in [0.25, 0.3) is 0 Å². The van der Waals surface area contributed by atoms with Crippen LogP contribution in [0.15, 0.2) is 23.0 Å². The lowest BCUT2D eigenvalue weighted by Crippen LogP contribution is -2.38. The summed E-state index contributed by atoms with van der Waals surface area (Å²) < 4.78 is 16.8. The van der Waals surface area contributed by atoms with E-state index in [-0.39, 0.29) is 11.7 Å². The molecule has 8 heteroatoms. The molecule has 1 fully saturated rings. The average molecular weight is 429 g/mol. The number of aromatic nitrogens is 2. The first kappa shape index (κ1) is 21.6. The molecule has 0 aliphatic carbocycles. The van der Waals surface area contributed by atoms with Gasteiger partial charge in [-0.3, -0.25) is 14.7 Å². The van der Waals surface area contributed by atoms with E-state index in [2.05, 4.69) is 26.9 Å². The molecule has 0 spiro atoms. The van der Waals surface area contributed by atoms with E-state index in [9.17, 15) is 4.79 Å². The van der Waals surface area contributed by atoms with Gasteiger partial charge in [-0.2, -0.15) is 0 Å². The molecule has 2 aromatic rings. The molecule has 1 aromatic carbocycles. The normalized spacial score (nSPS) is 17.4. The summed E-state index contributed by atoms with van der Waals surface area (Å²) >= 11 is 0. The minimum Gasteiger partial charge on any atom is -0.493 e. The largest absolute Gasteiger partial charge is 0.493 e. The van der Waals surface area contributed by atoms with Crippen molar-refractivity contribution in [1.82, 2.24) is 14.9 Å². The molecule has 1 N–H and O–H groups in total. The Labute approximate surface area is 183 Å². The fraction of sp³-hybridized carbons (Fsp3) is 0.565. The Bertz CT molecular complexity index is 953. The van der Waals surface area contributed by atoms with E-state index in [0.29, 0.717) is 25.6 Å². The lowest BCUT2D eigenvalue weighted by molar-refractivity contribution is 0.122. The lowest BCUT2D eigenvalue weighted by Gasteiger charge is -2.27. The Hall–Kier alpha value is -2.58. The third-order valence-corrected chi connectivity index (χ3v) is 5.74. The number of nitrogens with one attached hydrogen (secondary N) is 1. The van der Waals surface area contributed by atoms with Gasteiger partial charge in [0.25, 0.3) is 5.56 Å². The monoisotopic (exact) mass is 428 g/mol. The summed E-state index contributed by atoms with van der Waals surface area (Å²) in [6.07, 6.45) is 1.55. The summed E-state index contributed by atoms with van der Waals surface area (Å²) in [5.74, 6) is 2.18. The fourth-order valence-electron chi connectivity index (χ4n) is 4.15. The number of anilines is 1. The second kappa shape index (κ2) is 9.70. The maximum Gasteiger partial charge on any atom is 0.255 e. The predicted octanol–water partition coefficient (Wildman–Crippen LogP) is 2.00. The average Bonchev–Trinajstić information content (AvgIpc) is 2.97. The van der Waals surface area contributed by atoms with E-state index in [1.165, 1.54) is 5.56 Å². The maximum absolute atomic E-state index is 12.8. The highest BCUT2D eigenvalue weighted by Gasteiger charge is 2.22. The molecule has 1 saturated heterocycles. The number of benzene rings is 1. The number of fused-ring (bicyclic) bond motifs is 1. The molecule has 168 valence electrons. The molecular formula is C23H32N4O4. The molecule has 31 heavy (non-hydrogen) atoms. The summed E-state index contributed by atoms with van der Waals surface area (Å²) in [5, 5.41) is 0. The van der Waals surface area contributed by atoms with Gasteiger partial charge in [-0.05, 0) is 38.0 Å². The van der Waals surface area contributed by atoms with E-state index < -0.39 is 0 Å². The van der Waals surface area contributed by atoms with Crippen molar-refractivity contribution in [2.75, 3.05) is 51.4 Å². The van der Waals surface area contributed by atoms with Crippen molar-refractivity contribution in [2.24, 2.45) is 0 Å². The van der Waals surface area contributed by atoms with Crippen molar-refractivity contribution in [2.45, 2.75) is 39.3 Å². The Morgan fingerprint density at radius 2 is 1.90 bits per heavy atom. The van der Waals surface area contributed by atoms with Crippen LogP contribution in [0.3, 0.4) is 0 Å². The summed E-state index contributed by atoms with van der Waals surface area (Å²) in [6, 6.07) is 6.09. The highest BCUT2D eigenvalue weighted by molar-refractivity contribution is 5.43. The molecule has 0 atom stereocenters. The van der Waals surface area contributed by atoms with E-state index in [1.807, 2.05) is 19.9 Å². The fourth-order valence-corrected chi connectivity index (χ4v) is 4.15. The van der Waals surface area contributed by atoms with Gasteiger partial charge in [0.15, 0.2) is 11.5 Å². The van der Waals surface area contributed by atoms with Gasteiger partial charge in [0.2, 0.25) is 5.95 Å². The molecule has 0 radical (unpaired) electrons. The molecule has 0 amide bonds. The number of ether oxygens (including phenoxy) is 3. The smallest absolute Gasteiger partial charge is 0.255 e. The topological polar surface area (TPSA) is 79.9 Å². The standard InChI is InChI=1S/C23H32N4O4/c1-16(2)31-21-14-17(4-5-20(21)29-3)15-26-8-6-18-19(7-9-26)24-23(25-22(18)28)27-10-12-30-13-11-27/h4-5,14,16H,6-13,15H2,1-3H3,(H,24,25,28). The van der Waals surface area contributed by atoms with Crippen LogP contribution in [0.2, 0.25) is 0 Å². The van der Waals surface area contributed by atoms with Crippen LogP contribution in [0, 0.1) is 0 Å². The van der Waals surface area contributed by atoms with E-state index in [1.54, 1.807) is 7.11 Å². The molecule has 8 nitrogen and oxygen atoms in total. The number of H-pyrrole nitrogens is 1. The molecule has 2 aliphatic rings. The SMILES string of the molecule is COc1ccc(CN2CCc3nc(N4CCOCC4)[nH]c(=O)c3CC2)cc1OC(C)C. The number of hydrogen-bond donors (Lipinski definition) is 1. The van der Waals surface area contributed by atoms with Crippen molar-refractivity contribution in [3.63, 3.8) is 0 Å². The molecule has 3 heterocycles. The Morgan fingerprint density at radius 1 is 1.13 bits per heavy atom. The van der Waals surface area contributed by atoms with Gasteiger partial charge in [0.05, 0.1) is 32.1 Å². The van der Waals surface area contributed by atoms with Crippen molar-refractivity contribution < 1.29 is 14.2 Å². The molecule has 0 unspecified atom stereocenters. The van der Waals surface area contributed by atoms with Crippen LogP contribution in [-0.4, -0.2) is 67.5 Å². The number of hydrogen-bond acceptors (Lipinski definition) is 7. The second-order valence-electron chi connectivity index (χ2n) is 8.34. The summed E-state index contributed by atoms with van der Waals surface area (Å²) in [6.45, 7) is 9.33. The van der Waals surface area contributed by atoms with Crippen LogP contribution in [0.1, 0.15) is 30.7 Å². The zero-order chi connectivity index (χ0) is 21.8. The number of morpholine rings is 1. The first-order valence-corrected chi connectivity index (χ1v) is 11.0. The minimum absolute atomic E-state index is 0.00888. The molecule has 1 aromatic heterocycles. The third kappa shape index (κ3) is 5.19. The minimum atomic E-state index is -0.00888. The molecule has 4 rings (SSSR count). The van der Waals surface area contributed by atoms with Gasteiger partial charge in [-0.15, -0.1) is 0 Å². The lowest BCUT2D eigenvalue weighted by atomic mass is 10.1. The van der Waals surface area contributed by atoms with Crippen LogP contribution in [0.5, 0.6) is 11.5 Å². The summed E-state index contributed by atoms with van der Waals surface area (Å²) in [4.78, 5) is 25.0. The number of methoxy groups -OCH3 is 1. The van der Waals surface area contributed by atoms with E-state index in [0.717, 1.165) is 61.9 Å². The van der Waals surface area contributed by atoms with Crippen LogP contribution in [-0.2, 0) is 24.1 Å². The second-order valence-corrected chi connectivity index (χ2v) is 8.34. The van der Waals surface area contributed by atoms with Crippen LogP contribution < -0.4 is 19.9 Å². The molecule has 0 bridgehead atoms. The highest BCUT2D eigenvalue weighted by atomic mass is 16.5. The Morgan fingerprint density at radius 3 is 2.65 bits per heavy atom. The Kier molecular flexibility index (Phi) is 6.77. The number of nitrogens with zero attached hydrogens (tertiary/aromatic N) is 3. The van der Waals surface area contributed by atoms with Gasteiger partial charge >= 0.3 is 0 Å². The Balaban J connectivity index is 1.47. The van der Waals surface area contributed by atoms with E-state index >= 15 is 0 Å². The van der Waals surface area contributed by atoms with Gasteiger partial charge < -0.3 is 19.1 Å². The molecular weight excluding hydrogens is 396 g/mol. The third-order valence-electron chi connectivity index (χ3n) is 5.74. The molecule has 0 saturated carbocycles. The van der Waals surface area contributed by atoms with Crippen LogP contribution in [0.4, 0.5) is 5.95 Å². The van der Waals surface area contributed by atoms with Crippen LogP contribution >= 0.6 is 0 Å². The maximum atomic E-state index is 12.8. The zero-order valence-electron chi connectivity index (χ0n) is 18.6. The predicted molar refractivity (Wildman–Crippen MR) is 119 cm³/mol. The highest BCUT2D eigenvalue weighted by Crippen LogP contribution is 2.29. The van der Waals surface area contributed by atoms with Crippen molar-refractivity contribution in [3.8, 4) is 11.5 Å². The van der Waals surface area contributed by atoms with E-state index in [4.69, 9.17) is 19.2 Å². The van der Waals surface area contributed by atoms with Crippen molar-refractivity contribution in [1.29, 1.82) is 0 Å². The summed E-state index contributed by atoms with van der Waals surface area (Å²) in [5.41, 5.74) is 2.90. The number of aromatic amines is 1. The quantitative estimate of drug-likeness (QED) is 0.754. The van der Waals surface area contributed by atoms with Gasteiger partial charge in [0.1, 0.15) is 0 Å². The zero-order valence-corrected chi connectivity index (χ0v) is 18.6. The van der Waals surface area contributed by atoms with Crippen molar-refractivity contribution in [3.05, 3.63) is 45.4 Å². The first-order chi connectivity index (χ1) is 15.0. The van der Waals surface area contributed by atoms with Gasteiger partial charge in [-0.1, -0.05) is 6.07 Å². The molecule has 2 aliphatic heterocycles. The first-order valence-electron chi connectivity index (χ1n) is 11.0.